The van der Waals surface area contributed by atoms with E-state index in [1.807, 2.05) is 0 Å². The van der Waals surface area contributed by atoms with Crippen LogP contribution in [0.2, 0.25) is 0 Å². The van der Waals surface area contributed by atoms with E-state index in [0.29, 0.717) is 51.0 Å². The first-order valence-corrected chi connectivity index (χ1v) is 12.6. The number of rotatable bonds is 8. The molecule has 4 aromatic heterocycles. The highest BCUT2D eigenvalue weighted by Gasteiger charge is 2.16. The average molecular weight is 570 g/mol. The fourth-order valence-corrected chi connectivity index (χ4v) is 4.07. The molecule has 0 radical (unpaired) electrons. The van der Waals surface area contributed by atoms with Crippen LogP contribution in [-0.4, -0.2) is 41.4 Å². The van der Waals surface area contributed by atoms with Gasteiger partial charge in [-0.05, 0) is 31.2 Å². The van der Waals surface area contributed by atoms with Crippen LogP contribution in [0, 0.1) is 22.5 Å². The van der Waals surface area contributed by atoms with Crippen LogP contribution in [0.4, 0.5) is 8.78 Å². The highest BCUT2D eigenvalue weighted by Crippen LogP contribution is 2.22. The van der Waals surface area contributed by atoms with Gasteiger partial charge in [-0.3, -0.25) is 14.8 Å². The Morgan fingerprint density at radius 1 is 0.738 bits per heavy atom. The summed E-state index contributed by atoms with van der Waals surface area (Å²) in [7, 11) is 0. The van der Waals surface area contributed by atoms with Crippen molar-refractivity contribution >= 4 is 11.5 Å². The number of amidine groups is 1. The average Bonchev–Trinajstić information content (AvgIpc) is 3.78. The second-order valence-corrected chi connectivity index (χ2v) is 9.14. The second-order valence-electron chi connectivity index (χ2n) is 9.14. The molecule has 0 unspecified atom stereocenters. The maximum Gasteiger partial charge on any atom is 0.143 e. The summed E-state index contributed by atoms with van der Waals surface area (Å²) in [6.45, 7) is 2.13. The van der Waals surface area contributed by atoms with Gasteiger partial charge in [0.05, 0.1) is 30.2 Å². The van der Waals surface area contributed by atoms with Gasteiger partial charge in [-0.15, -0.1) is 0 Å². The standard InChI is InChI=1S/C15H13FN4O.C14H12FN5O/c1-10(17)14-8-15(13-6-7-21-19-13)20(18-14)9-11-4-2-3-5-12(11)16;15-10-4-2-1-3-9(10)8-20-13(11-5-6-21-19-11)7-12(18-20)14(16)17/h2-8,17H,9H2,1H3;1-7H,8H2,(H3,16,17). The van der Waals surface area contributed by atoms with E-state index >= 15 is 0 Å². The van der Waals surface area contributed by atoms with E-state index in [0.717, 1.165) is 0 Å². The summed E-state index contributed by atoms with van der Waals surface area (Å²) >= 11 is 0. The first-order valence-electron chi connectivity index (χ1n) is 12.6. The molecule has 13 heteroatoms. The van der Waals surface area contributed by atoms with E-state index in [1.165, 1.54) is 24.7 Å². The third-order valence-electron chi connectivity index (χ3n) is 6.18. The first kappa shape index (κ1) is 27.8. The molecule has 0 amide bonds. The monoisotopic (exact) mass is 569 g/mol. The van der Waals surface area contributed by atoms with E-state index < -0.39 is 0 Å². The quantitative estimate of drug-likeness (QED) is 0.169. The number of halogens is 2. The Labute approximate surface area is 238 Å². The van der Waals surface area contributed by atoms with Crippen molar-refractivity contribution in [1.29, 1.82) is 10.8 Å². The summed E-state index contributed by atoms with van der Waals surface area (Å²) in [4.78, 5) is 0. The van der Waals surface area contributed by atoms with Gasteiger partial charge in [-0.1, -0.05) is 46.7 Å². The molecule has 0 aliphatic heterocycles. The Bertz CT molecular complexity index is 1690. The van der Waals surface area contributed by atoms with Gasteiger partial charge >= 0.3 is 0 Å². The maximum atomic E-state index is 13.8. The molecule has 0 aliphatic carbocycles. The van der Waals surface area contributed by atoms with Gasteiger partial charge in [0.15, 0.2) is 0 Å². The molecule has 4 N–H and O–H groups in total. The Morgan fingerprint density at radius 3 is 1.60 bits per heavy atom. The fraction of sp³-hybridized carbons (Fsp3) is 0.103. The molecule has 212 valence electrons. The van der Waals surface area contributed by atoms with Crippen LogP contribution < -0.4 is 5.73 Å². The second kappa shape index (κ2) is 12.2. The van der Waals surface area contributed by atoms with Crippen LogP contribution >= 0.6 is 0 Å². The number of nitrogens with two attached hydrogens (primary N) is 1. The molecule has 0 spiro atoms. The van der Waals surface area contributed by atoms with E-state index in [4.69, 9.17) is 25.6 Å². The predicted octanol–water partition coefficient (Wildman–Crippen LogP) is 5.12. The van der Waals surface area contributed by atoms with Gasteiger partial charge in [0.2, 0.25) is 0 Å². The van der Waals surface area contributed by atoms with Crippen LogP contribution in [0.1, 0.15) is 29.4 Å². The molecule has 0 bridgehead atoms. The Hall–Kier alpha value is -5.72. The van der Waals surface area contributed by atoms with Crippen LogP contribution in [0.5, 0.6) is 0 Å². The lowest BCUT2D eigenvalue weighted by Crippen LogP contribution is -2.13. The summed E-state index contributed by atoms with van der Waals surface area (Å²) in [5, 5.41) is 31.5. The zero-order valence-electron chi connectivity index (χ0n) is 22.3. The minimum Gasteiger partial charge on any atom is -0.382 e. The van der Waals surface area contributed by atoms with Gasteiger partial charge < -0.3 is 20.2 Å². The van der Waals surface area contributed by atoms with Gasteiger partial charge in [0, 0.05) is 23.3 Å². The van der Waals surface area contributed by atoms with Gasteiger partial charge in [-0.2, -0.15) is 10.2 Å². The van der Waals surface area contributed by atoms with Crippen molar-refractivity contribution in [2.24, 2.45) is 5.73 Å². The molecule has 0 atom stereocenters. The molecule has 0 saturated carbocycles. The number of benzene rings is 2. The Balaban J connectivity index is 0.000000168. The van der Waals surface area contributed by atoms with Crippen LogP contribution in [-0.2, 0) is 13.1 Å². The summed E-state index contributed by atoms with van der Waals surface area (Å²) in [6.07, 6.45) is 2.90. The summed E-state index contributed by atoms with van der Waals surface area (Å²) in [5.74, 6) is -0.761. The molecule has 0 fully saturated rings. The van der Waals surface area contributed by atoms with Gasteiger partial charge in [0.1, 0.15) is 52.8 Å². The van der Waals surface area contributed by atoms with Crippen LogP contribution in [0.15, 0.2) is 94.4 Å². The topological polar surface area (TPSA) is 161 Å². The zero-order chi connectivity index (χ0) is 29.6. The zero-order valence-corrected chi connectivity index (χ0v) is 22.3. The molecule has 11 nitrogen and oxygen atoms in total. The van der Waals surface area contributed by atoms with Crippen molar-refractivity contribution in [2.45, 2.75) is 20.0 Å². The number of nitrogen functional groups attached to an aromatic ring is 1. The number of hydrogen-bond donors (Lipinski definition) is 3. The van der Waals surface area contributed by atoms with Gasteiger partial charge in [0.25, 0.3) is 0 Å². The van der Waals surface area contributed by atoms with Crippen molar-refractivity contribution in [2.75, 3.05) is 0 Å². The third kappa shape index (κ3) is 6.20. The molecule has 0 aliphatic rings. The smallest absolute Gasteiger partial charge is 0.143 e. The maximum absolute atomic E-state index is 13.8. The SMILES string of the molecule is CC(=N)c1cc(-c2ccon2)n(Cc2ccccc2F)n1.N=C(N)c1cc(-c2ccon2)n(Cc2ccccc2F)n1. The van der Waals surface area contributed by atoms with E-state index in [-0.39, 0.29) is 30.6 Å². The van der Waals surface area contributed by atoms with E-state index in [9.17, 15) is 8.78 Å². The van der Waals surface area contributed by atoms with E-state index in [2.05, 4.69) is 20.5 Å². The fourth-order valence-electron chi connectivity index (χ4n) is 4.07. The molecule has 4 heterocycles. The van der Waals surface area contributed by atoms with E-state index in [1.54, 1.807) is 77.0 Å². The number of nitrogens with zero attached hydrogens (tertiary/aromatic N) is 6. The normalized spacial score (nSPS) is 10.7. The predicted molar refractivity (Wildman–Crippen MR) is 150 cm³/mol. The van der Waals surface area contributed by atoms with Crippen LogP contribution in [0.25, 0.3) is 22.8 Å². The lowest BCUT2D eigenvalue weighted by atomic mass is 10.2. The highest BCUT2D eigenvalue weighted by atomic mass is 19.1. The molecule has 6 rings (SSSR count). The first-order chi connectivity index (χ1) is 20.3. The Morgan fingerprint density at radius 2 is 1.19 bits per heavy atom. The molecule has 6 aromatic rings. The third-order valence-corrected chi connectivity index (χ3v) is 6.18. The van der Waals surface area contributed by atoms with Crippen molar-refractivity contribution in [3.63, 3.8) is 0 Å². The highest BCUT2D eigenvalue weighted by molar-refractivity contribution is 5.95. The summed E-state index contributed by atoms with van der Waals surface area (Å²) in [6, 6.07) is 19.7. The van der Waals surface area contributed by atoms with Crippen molar-refractivity contribution < 1.29 is 17.8 Å². The molecule has 42 heavy (non-hydrogen) atoms. The van der Waals surface area contributed by atoms with Crippen LogP contribution in [0.3, 0.4) is 0 Å². The summed E-state index contributed by atoms with van der Waals surface area (Å²) < 4.78 is 40.4. The number of aromatic nitrogens is 6. The molecule has 0 saturated heterocycles. The van der Waals surface area contributed by atoms with Crippen molar-refractivity contribution in [3.05, 3.63) is 119 Å². The lowest BCUT2D eigenvalue weighted by molar-refractivity contribution is 0.421. The largest absolute Gasteiger partial charge is 0.382 e. The lowest BCUT2D eigenvalue weighted by Gasteiger charge is -2.06. The number of nitrogens with one attached hydrogen (secondary N) is 2. The van der Waals surface area contributed by atoms with Gasteiger partial charge in [-0.25, -0.2) is 8.78 Å². The number of hydrogen-bond acceptors (Lipinski definition) is 8. The molecule has 2 aromatic carbocycles. The molecular weight excluding hydrogens is 544 g/mol. The minimum atomic E-state index is -0.316. The Kier molecular flexibility index (Phi) is 8.09. The minimum absolute atomic E-state index is 0.160. The van der Waals surface area contributed by atoms with Crippen molar-refractivity contribution in [1.82, 2.24) is 29.9 Å². The molecular formula is C29H25F2N9O2. The summed E-state index contributed by atoms with van der Waals surface area (Å²) in [5.41, 5.74) is 10.1. The van der Waals surface area contributed by atoms with Crippen molar-refractivity contribution in [3.8, 4) is 22.8 Å².